The van der Waals surface area contributed by atoms with E-state index in [9.17, 15) is 0 Å². The van der Waals surface area contributed by atoms with Gasteiger partial charge in [-0.05, 0) is 13.3 Å². The van der Waals surface area contributed by atoms with Gasteiger partial charge < -0.3 is 10.4 Å². The van der Waals surface area contributed by atoms with Crippen molar-refractivity contribution in [2.45, 2.75) is 19.4 Å². The van der Waals surface area contributed by atoms with E-state index in [1.165, 1.54) is 6.33 Å². The Labute approximate surface area is 93.3 Å². The van der Waals surface area contributed by atoms with E-state index in [4.69, 9.17) is 5.11 Å². The Morgan fingerprint density at radius 1 is 1.50 bits per heavy atom. The van der Waals surface area contributed by atoms with Crippen molar-refractivity contribution in [1.82, 2.24) is 19.7 Å². The number of aliphatic hydroxyl groups is 1. The molecule has 0 aliphatic carbocycles. The molecule has 1 atom stereocenters. The lowest BCUT2D eigenvalue weighted by Gasteiger charge is -2.07. The van der Waals surface area contributed by atoms with Gasteiger partial charge in [0.2, 0.25) is 0 Å². The van der Waals surface area contributed by atoms with Crippen molar-refractivity contribution in [3.8, 4) is 0 Å². The standard InChI is InChI=1S/C10H15N5O/c1-7(16)3-4-11-9-8-5-14-15(2)10(8)13-6-12-9/h5-7,16H,3-4H2,1-2H3,(H,11,12,13). The van der Waals surface area contributed by atoms with E-state index < -0.39 is 0 Å². The summed E-state index contributed by atoms with van der Waals surface area (Å²) in [4.78, 5) is 8.30. The Morgan fingerprint density at radius 2 is 2.31 bits per heavy atom. The van der Waals surface area contributed by atoms with Gasteiger partial charge in [0.1, 0.15) is 12.1 Å². The van der Waals surface area contributed by atoms with Gasteiger partial charge in [-0.3, -0.25) is 4.68 Å². The zero-order valence-corrected chi connectivity index (χ0v) is 9.38. The van der Waals surface area contributed by atoms with E-state index in [0.717, 1.165) is 16.9 Å². The number of hydrogen-bond donors (Lipinski definition) is 2. The lowest BCUT2D eigenvalue weighted by atomic mass is 10.3. The van der Waals surface area contributed by atoms with Crippen LogP contribution in [0.15, 0.2) is 12.5 Å². The highest BCUT2D eigenvalue weighted by Crippen LogP contribution is 2.17. The highest BCUT2D eigenvalue weighted by Gasteiger charge is 2.07. The topological polar surface area (TPSA) is 75.9 Å². The van der Waals surface area contributed by atoms with E-state index in [1.54, 1.807) is 17.8 Å². The Bertz CT molecular complexity index is 479. The summed E-state index contributed by atoms with van der Waals surface area (Å²) in [5.41, 5.74) is 0.801. The first-order valence-corrected chi connectivity index (χ1v) is 5.23. The molecule has 2 heterocycles. The van der Waals surface area contributed by atoms with Gasteiger partial charge >= 0.3 is 0 Å². The monoisotopic (exact) mass is 221 g/mol. The average molecular weight is 221 g/mol. The molecule has 2 aromatic heterocycles. The molecule has 2 rings (SSSR count). The summed E-state index contributed by atoms with van der Waals surface area (Å²) in [5, 5.41) is 17.3. The van der Waals surface area contributed by atoms with Crippen molar-refractivity contribution in [2.24, 2.45) is 7.05 Å². The second kappa shape index (κ2) is 4.44. The quantitative estimate of drug-likeness (QED) is 0.788. The number of hydrogen-bond acceptors (Lipinski definition) is 5. The molecule has 0 aliphatic heterocycles. The summed E-state index contributed by atoms with van der Waals surface area (Å²) in [6.07, 6.45) is 3.62. The first-order chi connectivity index (χ1) is 7.68. The highest BCUT2D eigenvalue weighted by molar-refractivity contribution is 5.85. The van der Waals surface area contributed by atoms with Crippen LogP contribution in [0.4, 0.5) is 5.82 Å². The maximum Gasteiger partial charge on any atom is 0.163 e. The van der Waals surface area contributed by atoms with Crippen molar-refractivity contribution < 1.29 is 5.11 Å². The molecule has 1 unspecified atom stereocenters. The number of nitrogens with zero attached hydrogens (tertiary/aromatic N) is 4. The smallest absolute Gasteiger partial charge is 0.163 e. The van der Waals surface area contributed by atoms with Crippen molar-refractivity contribution >= 4 is 16.9 Å². The largest absolute Gasteiger partial charge is 0.393 e. The van der Waals surface area contributed by atoms with Crippen molar-refractivity contribution in [3.63, 3.8) is 0 Å². The van der Waals surface area contributed by atoms with Gasteiger partial charge in [0.25, 0.3) is 0 Å². The van der Waals surface area contributed by atoms with Crippen LogP contribution in [0, 0.1) is 0 Å². The predicted octanol–water partition coefficient (Wildman–Crippen LogP) is 0.546. The van der Waals surface area contributed by atoms with Gasteiger partial charge in [-0.2, -0.15) is 5.10 Å². The Hall–Kier alpha value is -1.69. The van der Waals surface area contributed by atoms with Gasteiger partial charge in [0.05, 0.1) is 17.7 Å². The van der Waals surface area contributed by atoms with Crippen LogP contribution in [0.5, 0.6) is 0 Å². The number of fused-ring (bicyclic) bond motifs is 1. The number of anilines is 1. The maximum atomic E-state index is 9.16. The van der Waals surface area contributed by atoms with Crippen LogP contribution in [0.3, 0.4) is 0 Å². The molecule has 0 amide bonds. The molecule has 0 bridgehead atoms. The molecule has 6 heteroatoms. The van der Waals surface area contributed by atoms with E-state index in [0.29, 0.717) is 13.0 Å². The van der Waals surface area contributed by atoms with Crippen LogP contribution in [0.1, 0.15) is 13.3 Å². The van der Waals surface area contributed by atoms with E-state index >= 15 is 0 Å². The molecule has 16 heavy (non-hydrogen) atoms. The zero-order chi connectivity index (χ0) is 11.5. The van der Waals surface area contributed by atoms with Crippen LogP contribution in [-0.2, 0) is 7.05 Å². The molecule has 0 spiro atoms. The summed E-state index contributed by atoms with van der Waals surface area (Å²) in [6, 6.07) is 0. The molecule has 86 valence electrons. The molecular formula is C10H15N5O. The summed E-state index contributed by atoms with van der Waals surface area (Å²) in [6.45, 7) is 2.44. The fourth-order valence-electron chi connectivity index (χ4n) is 1.50. The van der Waals surface area contributed by atoms with E-state index in [-0.39, 0.29) is 6.10 Å². The molecule has 0 saturated carbocycles. The number of aliphatic hydroxyl groups excluding tert-OH is 1. The maximum absolute atomic E-state index is 9.16. The summed E-state index contributed by atoms with van der Waals surface area (Å²) < 4.78 is 1.71. The number of rotatable bonds is 4. The predicted molar refractivity (Wildman–Crippen MR) is 61.1 cm³/mol. The van der Waals surface area contributed by atoms with Crippen LogP contribution in [-0.4, -0.2) is 37.5 Å². The van der Waals surface area contributed by atoms with Gasteiger partial charge in [-0.15, -0.1) is 0 Å². The Morgan fingerprint density at radius 3 is 3.06 bits per heavy atom. The van der Waals surface area contributed by atoms with Gasteiger partial charge in [-0.1, -0.05) is 0 Å². The van der Waals surface area contributed by atoms with Crippen LogP contribution in [0.25, 0.3) is 11.0 Å². The summed E-state index contributed by atoms with van der Waals surface area (Å²) in [5.74, 6) is 0.763. The van der Waals surface area contributed by atoms with Gasteiger partial charge in [0.15, 0.2) is 5.65 Å². The second-order valence-corrected chi connectivity index (χ2v) is 3.79. The third-order valence-corrected chi connectivity index (χ3v) is 2.38. The number of aryl methyl sites for hydroxylation is 1. The van der Waals surface area contributed by atoms with Crippen LogP contribution >= 0.6 is 0 Å². The molecule has 6 nitrogen and oxygen atoms in total. The summed E-state index contributed by atoms with van der Waals surface area (Å²) >= 11 is 0. The summed E-state index contributed by atoms with van der Waals surface area (Å²) in [7, 11) is 1.84. The molecule has 0 radical (unpaired) electrons. The lowest BCUT2D eigenvalue weighted by Crippen LogP contribution is -2.10. The molecular weight excluding hydrogens is 206 g/mol. The molecule has 0 aromatic carbocycles. The minimum absolute atomic E-state index is 0.307. The highest BCUT2D eigenvalue weighted by atomic mass is 16.3. The van der Waals surface area contributed by atoms with Gasteiger partial charge in [0, 0.05) is 13.6 Å². The van der Waals surface area contributed by atoms with Gasteiger partial charge in [-0.25, -0.2) is 9.97 Å². The van der Waals surface area contributed by atoms with Crippen LogP contribution in [0.2, 0.25) is 0 Å². The fourth-order valence-corrected chi connectivity index (χ4v) is 1.50. The normalized spacial score (nSPS) is 12.9. The zero-order valence-electron chi connectivity index (χ0n) is 9.38. The third kappa shape index (κ3) is 2.11. The first kappa shape index (κ1) is 10.8. The van der Waals surface area contributed by atoms with Crippen molar-refractivity contribution in [1.29, 1.82) is 0 Å². The minimum Gasteiger partial charge on any atom is -0.393 e. The fraction of sp³-hybridized carbons (Fsp3) is 0.500. The Balaban J connectivity index is 2.17. The Kier molecular flexibility index (Phi) is 3.00. The van der Waals surface area contributed by atoms with E-state index in [2.05, 4.69) is 20.4 Å². The average Bonchev–Trinajstić information content (AvgIpc) is 2.61. The lowest BCUT2D eigenvalue weighted by molar-refractivity contribution is 0.188. The SMILES string of the molecule is CC(O)CCNc1ncnc2c1cnn2C. The molecule has 0 fully saturated rings. The minimum atomic E-state index is -0.307. The molecule has 2 N–H and O–H groups in total. The van der Waals surface area contributed by atoms with Crippen molar-refractivity contribution in [3.05, 3.63) is 12.5 Å². The van der Waals surface area contributed by atoms with Crippen molar-refractivity contribution in [2.75, 3.05) is 11.9 Å². The molecule has 0 saturated heterocycles. The number of aromatic nitrogens is 4. The van der Waals surface area contributed by atoms with E-state index in [1.807, 2.05) is 7.05 Å². The number of nitrogens with one attached hydrogen (secondary N) is 1. The third-order valence-electron chi connectivity index (χ3n) is 2.38. The molecule has 0 aliphatic rings. The molecule has 2 aromatic rings. The first-order valence-electron chi connectivity index (χ1n) is 5.23. The second-order valence-electron chi connectivity index (χ2n) is 3.79. The van der Waals surface area contributed by atoms with Crippen LogP contribution < -0.4 is 5.32 Å².